The Hall–Kier alpha value is -0.170. The molecule has 0 radical (unpaired) electrons. The molecule has 0 saturated heterocycles. The molecular formula is C14H31N3O2S. The second kappa shape index (κ2) is 8.97. The van der Waals surface area contributed by atoms with Crippen molar-refractivity contribution in [3.63, 3.8) is 0 Å². The molecule has 1 aliphatic rings. The van der Waals surface area contributed by atoms with Crippen LogP contribution in [0, 0.1) is 0 Å². The molecule has 5 nitrogen and oxygen atoms in total. The molecule has 1 unspecified atom stereocenters. The van der Waals surface area contributed by atoms with E-state index in [9.17, 15) is 8.42 Å². The molecule has 0 amide bonds. The molecule has 0 spiro atoms. The highest BCUT2D eigenvalue weighted by Crippen LogP contribution is 2.26. The van der Waals surface area contributed by atoms with E-state index in [1.165, 1.54) is 12.8 Å². The number of sulfonamides is 1. The van der Waals surface area contributed by atoms with Crippen LogP contribution in [0.1, 0.15) is 46.0 Å². The Labute approximate surface area is 124 Å². The summed E-state index contributed by atoms with van der Waals surface area (Å²) < 4.78 is 26.5. The Morgan fingerprint density at radius 1 is 1.25 bits per heavy atom. The fraction of sp³-hybridized carbons (Fsp3) is 1.00. The van der Waals surface area contributed by atoms with Crippen molar-refractivity contribution in [1.29, 1.82) is 0 Å². The van der Waals surface area contributed by atoms with E-state index >= 15 is 0 Å². The van der Waals surface area contributed by atoms with Crippen molar-refractivity contribution in [2.75, 3.05) is 32.4 Å². The summed E-state index contributed by atoms with van der Waals surface area (Å²) in [6.07, 6.45) is 5.25. The summed E-state index contributed by atoms with van der Waals surface area (Å²) in [6, 6.07) is 0.933. The second-order valence-corrected chi connectivity index (χ2v) is 7.80. The Morgan fingerprint density at radius 3 is 2.55 bits per heavy atom. The van der Waals surface area contributed by atoms with Crippen molar-refractivity contribution in [2.24, 2.45) is 0 Å². The van der Waals surface area contributed by atoms with Crippen LogP contribution in [0.5, 0.6) is 0 Å². The lowest BCUT2D eigenvalue weighted by Crippen LogP contribution is -2.41. The number of nitrogens with one attached hydrogen (secondary N) is 2. The minimum atomic E-state index is -3.11. The predicted octanol–water partition coefficient (Wildman–Crippen LogP) is 1.17. The number of hydrogen-bond donors (Lipinski definition) is 2. The van der Waals surface area contributed by atoms with E-state index in [0.29, 0.717) is 12.6 Å². The molecule has 0 aromatic heterocycles. The Bertz CT molecular complexity index is 355. The van der Waals surface area contributed by atoms with Crippen molar-refractivity contribution in [2.45, 2.75) is 58.0 Å². The van der Waals surface area contributed by atoms with Crippen LogP contribution in [-0.2, 0) is 10.0 Å². The third-order valence-electron chi connectivity index (χ3n) is 3.86. The van der Waals surface area contributed by atoms with E-state index in [4.69, 9.17) is 0 Å². The first-order valence-electron chi connectivity index (χ1n) is 7.86. The van der Waals surface area contributed by atoms with Gasteiger partial charge in [-0.05, 0) is 59.2 Å². The fourth-order valence-electron chi connectivity index (χ4n) is 2.15. The summed E-state index contributed by atoms with van der Waals surface area (Å²) >= 11 is 0. The predicted molar refractivity (Wildman–Crippen MR) is 84.4 cm³/mol. The first-order chi connectivity index (χ1) is 9.46. The van der Waals surface area contributed by atoms with Crippen LogP contribution in [0.4, 0.5) is 0 Å². The highest BCUT2D eigenvalue weighted by atomic mass is 32.2. The minimum absolute atomic E-state index is 0.237. The van der Waals surface area contributed by atoms with Gasteiger partial charge in [-0.15, -0.1) is 0 Å². The lowest BCUT2D eigenvalue weighted by Gasteiger charge is -2.24. The summed E-state index contributed by atoms with van der Waals surface area (Å²) in [7, 11) is -1.03. The van der Waals surface area contributed by atoms with Gasteiger partial charge in [0.25, 0.3) is 0 Å². The van der Waals surface area contributed by atoms with E-state index in [1.54, 1.807) is 0 Å². The average molecular weight is 305 g/mol. The van der Waals surface area contributed by atoms with Crippen LogP contribution < -0.4 is 10.0 Å². The van der Waals surface area contributed by atoms with Crippen LogP contribution in [0.2, 0.25) is 0 Å². The van der Waals surface area contributed by atoms with Gasteiger partial charge in [-0.2, -0.15) is 0 Å². The van der Waals surface area contributed by atoms with Crippen molar-refractivity contribution in [3.05, 3.63) is 0 Å². The third-order valence-corrected chi connectivity index (χ3v) is 5.29. The normalized spacial score (nSPS) is 17.6. The largest absolute Gasteiger partial charge is 0.317 e. The van der Waals surface area contributed by atoms with Crippen LogP contribution in [0.25, 0.3) is 0 Å². The topological polar surface area (TPSA) is 61.4 Å². The molecule has 1 fully saturated rings. The third kappa shape index (κ3) is 7.57. The maximum atomic E-state index is 11.9. The molecule has 0 aliphatic heterocycles. The van der Waals surface area contributed by atoms with Gasteiger partial charge in [0.15, 0.2) is 0 Å². The van der Waals surface area contributed by atoms with Crippen LogP contribution in [0.15, 0.2) is 0 Å². The fourth-order valence-corrected chi connectivity index (χ4v) is 3.37. The van der Waals surface area contributed by atoms with Gasteiger partial charge in [-0.1, -0.05) is 6.92 Å². The number of nitrogens with zero attached hydrogens (tertiary/aromatic N) is 1. The Kier molecular flexibility index (Phi) is 8.02. The van der Waals surface area contributed by atoms with Gasteiger partial charge in [0, 0.05) is 18.6 Å². The van der Waals surface area contributed by atoms with E-state index in [0.717, 1.165) is 32.4 Å². The Balaban J connectivity index is 2.10. The van der Waals surface area contributed by atoms with Crippen molar-refractivity contribution in [1.82, 2.24) is 14.9 Å². The van der Waals surface area contributed by atoms with E-state index in [2.05, 4.69) is 35.8 Å². The molecular weight excluding hydrogens is 274 g/mol. The molecule has 0 aromatic rings. The average Bonchev–Trinajstić information content (AvgIpc) is 3.23. The molecule has 0 bridgehead atoms. The summed E-state index contributed by atoms with van der Waals surface area (Å²) in [5, 5.41) is 3.28. The molecule has 6 heteroatoms. The van der Waals surface area contributed by atoms with Crippen LogP contribution >= 0.6 is 0 Å². The van der Waals surface area contributed by atoms with Crippen molar-refractivity contribution in [3.8, 4) is 0 Å². The highest BCUT2D eigenvalue weighted by Gasteiger charge is 2.29. The SMILES string of the molecule is CCCNCCCCS(=O)(=O)NCC(C)N(C)C1CC1. The summed E-state index contributed by atoms with van der Waals surface area (Å²) in [5.41, 5.74) is 0. The van der Waals surface area contributed by atoms with Gasteiger partial charge in [0.1, 0.15) is 0 Å². The zero-order chi connectivity index (χ0) is 15.0. The van der Waals surface area contributed by atoms with Gasteiger partial charge in [0.05, 0.1) is 5.75 Å². The molecule has 0 aromatic carbocycles. The molecule has 0 heterocycles. The van der Waals surface area contributed by atoms with Gasteiger partial charge < -0.3 is 5.32 Å². The zero-order valence-corrected chi connectivity index (χ0v) is 14.0. The smallest absolute Gasteiger partial charge is 0.211 e. The number of unbranched alkanes of at least 4 members (excludes halogenated alkanes) is 1. The number of rotatable bonds is 12. The summed E-state index contributed by atoms with van der Waals surface area (Å²) in [6.45, 7) is 6.64. The summed E-state index contributed by atoms with van der Waals surface area (Å²) in [5.74, 6) is 0.237. The molecule has 1 atom stereocenters. The molecule has 120 valence electrons. The van der Waals surface area contributed by atoms with Crippen molar-refractivity contribution >= 4 is 10.0 Å². The van der Waals surface area contributed by atoms with Gasteiger partial charge in [-0.25, -0.2) is 13.1 Å². The Morgan fingerprint density at radius 2 is 1.95 bits per heavy atom. The monoisotopic (exact) mass is 305 g/mol. The lowest BCUT2D eigenvalue weighted by molar-refractivity contribution is 0.248. The van der Waals surface area contributed by atoms with Crippen LogP contribution in [-0.4, -0.2) is 57.8 Å². The first kappa shape index (κ1) is 17.9. The van der Waals surface area contributed by atoms with E-state index < -0.39 is 10.0 Å². The number of likely N-dealkylation sites (N-methyl/N-ethyl adjacent to an activating group) is 1. The second-order valence-electron chi connectivity index (χ2n) is 5.87. The molecule has 1 aliphatic carbocycles. The molecule has 2 N–H and O–H groups in total. The van der Waals surface area contributed by atoms with Crippen LogP contribution in [0.3, 0.4) is 0 Å². The quantitative estimate of drug-likeness (QED) is 0.531. The maximum Gasteiger partial charge on any atom is 0.211 e. The van der Waals surface area contributed by atoms with Gasteiger partial charge in [0.2, 0.25) is 10.0 Å². The van der Waals surface area contributed by atoms with Gasteiger partial charge >= 0.3 is 0 Å². The maximum absolute atomic E-state index is 11.9. The van der Waals surface area contributed by atoms with E-state index in [1.807, 2.05) is 0 Å². The first-order valence-corrected chi connectivity index (χ1v) is 9.51. The molecule has 20 heavy (non-hydrogen) atoms. The standard InChI is InChI=1S/C14H31N3O2S/c1-4-9-15-10-5-6-11-20(18,19)16-12-13(2)17(3)14-7-8-14/h13-16H,4-12H2,1-3H3. The zero-order valence-electron chi connectivity index (χ0n) is 13.2. The molecule has 1 saturated carbocycles. The minimum Gasteiger partial charge on any atom is -0.317 e. The van der Waals surface area contributed by atoms with Gasteiger partial charge in [-0.3, -0.25) is 4.90 Å². The summed E-state index contributed by atoms with van der Waals surface area (Å²) in [4.78, 5) is 2.27. The highest BCUT2D eigenvalue weighted by molar-refractivity contribution is 7.89. The molecule has 1 rings (SSSR count). The lowest BCUT2D eigenvalue weighted by atomic mass is 10.3. The van der Waals surface area contributed by atoms with E-state index in [-0.39, 0.29) is 11.8 Å². The van der Waals surface area contributed by atoms with Crippen molar-refractivity contribution < 1.29 is 8.42 Å². The number of hydrogen-bond acceptors (Lipinski definition) is 4.